The largest absolute Gasteiger partial charge is 0.280 e. The van der Waals surface area contributed by atoms with Crippen LogP contribution in [0.1, 0.15) is 0 Å². The number of rotatable bonds is 3. The zero-order chi connectivity index (χ0) is 13.2. The van der Waals surface area contributed by atoms with Crippen molar-refractivity contribution < 1.29 is 8.42 Å². The quantitative estimate of drug-likeness (QED) is 0.643. The highest BCUT2D eigenvalue weighted by Crippen LogP contribution is 2.18. The summed E-state index contributed by atoms with van der Waals surface area (Å²) in [5, 5.41) is 0.253. The molecule has 18 heavy (non-hydrogen) atoms. The van der Waals surface area contributed by atoms with Crippen molar-refractivity contribution >= 4 is 49.9 Å². The van der Waals surface area contributed by atoms with Gasteiger partial charge in [-0.2, -0.15) is 0 Å². The van der Waals surface area contributed by atoms with E-state index in [1.165, 1.54) is 18.3 Å². The second-order valence-electron chi connectivity index (χ2n) is 3.43. The summed E-state index contributed by atoms with van der Waals surface area (Å²) in [4.78, 5) is 3.82. The Balaban J connectivity index is 2.30. The van der Waals surface area contributed by atoms with Crippen LogP contribution in [0.25, 0.3) is 0 Å². The van der Waals surface area contributed by atoms with Gasteiger partial charge in [0.1, 0.15) is 10.0 Å². The monoisotopic (exact) mass is 394 g/mol. The van der Waals surface area contributed by atoms with Crippen LogP contribution in [0.5, 0.6) is 0 Å². The molecule has 0 radical (unpaired) electrons. The van der Waals surface area contributed by atoms with Gasteiger partial charge in [-0.15, -0.1) is 0 Å². The fourth-order valence-corrected chi connectivity index (χ4v) is 2.94. The van der Waals surface area contributed by atoms with E-state index in [1.807, 2.05) is 6.07 Å². The molecular weight excluding hydrogens is 387 g/mol. The molecule has 0 aliphatic heterocycles. The van der Waals surface area contributed by atoms with Crippen LogP contribution in [0.4, 0.5) is 5.69 Å². The molecule has 0 bridgehead atoms. The van der Waals surface area contributed by atoms with E-state index >= 15 is 0 Å². The first-order chi connectivity index (χ1) is 8.47. The summed E-state index contributed by atoms with van der Waals surface area (Å²) in [6, 6.07) is 9.92. The van der Waals surface area contributed by atoms with Gasteiger partial charge in [-0.05, 0) is 52.9 Å². The van der Waals surface area contributed by atoms with E-state index in [0.717, 1.165) is 3.57 Å². The normalized spacial score (nSPS) is 11.2. The summed E-state index contributed by atoms with van der Waals surface area (Å²) in [6.45, 7) is 0. The minimum absolute atomic E-state index is 0.0748. The summed E-state index contributed by atoms with van der Waals surface area (Å²) < 4.78 is 27.5. The second kappa shape index (κ2) is 5.41. The van der Waals surface area contributed by atoms with Gasteiger partial charge in [-0.3, -0.25) is 4.72 Å². The zero-order valence-corrected chi connectivity index (χ0v) is 12.7. The molecule has 1 aromatic heterocycles. The van der Waals surface area contributed by atoms with Gasteiger partial charge in [0.15, 0.2) is 0 Å². The Morgan fingerprint density at radius 1 is 1.22 bits per heavy atom. The third kappa shape index (κ3) is 3.33. The molecule has 0 saturated carbocycles. The molecule has 0 atom stereocenters. The van der Waals surface area contributed by atoms with Gasteiger partial charge < -0.3 is 0 Å². The molecular formula is C11H8ClIN2O2S. The first-order valence-electron chi connectivity index (χ1n) is 4.87. The maximum absolute atomic E-state index is 12.0. The highest BCUT2D eigenvalue weighted by molar-refractivity contribution is 14.1. The van der Waals surface area contributed by atoms with Crippen molar-refractivity contribution in [3.63, 3.8) is 0 Å². The van der Waals surface area contributed by atoms with Crippen molar-refractivity contribution in [3.8, 4) is 0 Å². The lowest BCUT2D eigenvalue weighted by Crippen LogP contribution is -2.13. The predicted molar refractivity (Wildman–Crippen MR) is 79.2 cm³/mol. The number of anilines is 1. The number of aromatic nitrogens is 1. The molecule has 0 amide bonds. The number of hydrogen-bond acceptors (Lipinski definition) is 3. The third-order valence-corrected chi connectivity index (χ3v) is 4.35. The average molecular weight is 395 g/mol. The maximum atomic E-state index is 12.0. The van der Waals surface area contributed by atoms with Crippen LogP contribution in [0.2, 0.25) is 5.15 Å². The summed E-state index contributed by atoms with van der Waals surface area (Å²) in [5.41, 5.74) is 0.511. The average Bonchev–Trinajstić information content (AvgIpc) is 2.29. The molecule has 0 unspecified atom stereocenters. The molecule has 1 aromatic carbocycles. The Bertz CT molecular complexity index is 659. The first-order valence-corrected chi connectivity index (χ1v) is 7.81. The van der Waals surface area contributed by atoms with Crippen LogP contribution in [0.15, 0.2) is 47.5 Å². The number of nitrogens with one attached hydrogen (secondary N) is 1. The third-order valence-electron chi connectivity index (χ3n) is 2.09. The molecule has 2 rings (SSSR count). The molecule has 1 N–H and O–H groups in total. The van der Waals surface area contributed by atoms with Crippen LogP contribution in [0.3, 0.4) is 0 Å². The summed E-state index contributed by atoms with van der Waals surface area (Å²) >= 11 is 7.73. The lowest BCUT2D eigenvalue weighted by atomic mass is 10.3. The lowest BCUT2D eigenvalue weighted by Gasteiger charge is -2.07. The zero-order valence-electron chi connectivity index (χ0n) is 8.97. The van der Waals surface area contributed by atoms with E-state index in [9.17, 15) is 8.42 Å². The van der Waals surface area contributed by atoms with Gasteiger partial charge in [-0.1, -0.05) is 17.7 Å². The van der Waals surface area contributed by atoms with E-state index in [2.05, 4.69) is 32.3 Å². The SMILES string of the molecule is O=S(=O)(Nc1cccc(I)c1)c1ccc(Cl)nc1. The Morgan fingerprint density at radius 2 is 2.00 bits per heavy atom. The number of benzene rings is 1. The number of sulfonamides is 1. The smallest absolute Gasteiger partial charge is 0.263 e. The van der Waals surface area contributed by atoms with Gasteiger partial charge in [0.05, 0.1) is 0 Å². The van der Waals surface area contributed by atoms with E-state index in [1.54, 1.807) is 18.2 Å². The van der Waals surface area contributed by atoms with Crippen LogP contribution in [-0.4, -0.2) is 13.4 Å². The van der Waals surface area contributed by atoms with E-state index < -0.39 is 10.0 Å². The number of nitrogens with zero attached hydrogens (tertiary/aromatic N) is 1. The molecule has 0 saturated heterocycles. The van der Waals surface area contributed by atoms with Crippen molar-refractivity contribution in [2.24, 2.45) is 0 Å². The fourth-order valence-electron chi connectivity index (χ4n) is 1.29. The number of hydrogen-bond donors (Lipinski definition) is 1. The molecule has 4 nitrogen and oxygen atoms in total. The number of pyridine rings is 1. The molecule has 1 heterocycles. The minimum Gasteiger partial charge on any atom is -0.280 e. The van der Waals surface area contributed by atoms with E-state index in [-0.39, 0.29) is 10.0 Å². The lowest BCUT2D eigenvalue weighted by molar-refractivity contribution is 0.601. The molecule has 7 heteroatoms. The van der Waals surface area contributed by atoms with E-state index in [0.29, 0.717) is 5.69 Å². The summed E-state index contributed by atoms with van der Waals surface area (Å²) in [7, 11) is -3.62. The van der Waals surface area contributed by atoms with Crippen LogP contribution in [-0.2, 0) is 10.0 Å². The second-order valence-corrected chi connectivity index (χ2v) is 6.75. The fraction of sp³-hybridized carbons (Fsp3) is 0. The van der Waals surface area contributed by atoms with E-state index in [4.69, 9.17) is 11.6 Å². The van der Waals surface area contributed by atoms with Crippen molar-refractivity contribution in [2.75, 3.05) is 4.72 Å². The van der Waals surface area contributed by atoms with Gasteiger partial charge in [-0.25, -0.2) is 13.4 Å². The van der Waals surface area contributed by atoms with Crippen molar-refractivity contribution in [3.05, 3.63) is 51.3 Å². The Morgan fingerprint density at radius 3 is 2.61 bits per heavy atom. The summed E-state index contributed by atoms with van der Waals surface area (Å²) in [6.07, 6.45) is 1.22. The maximum Gasteiger partial charge on any atom is 0.263 e. The minimum atomic E-state index is -3.62. The molecule has 94 valence electrons. The predicted octanol–water partition coefficient (Wildman–Crippen LogP) is 3.14. The van der Waals surface area contributed by atoms with Crippen LogP contribution < -0.4 is 4.72 Å². The Hall–Kier alpha value is -0.860. The van der Waals surface area contributed by atoms with Gasteiger partial charge in [0.2, 0.25) is 0 Å². The van der Waals surface area contributed by atoms with Crippen molar-refractivity contribution in [1.82, 2.24) is 4.98 Å². The van der Waals surface area contributed by atoms with Crippen LogP contribution >= 0.6 is 34.2 Å². The van der Waals surface area contributed by atoms with Crippen molar-refractivity contribution in [2.45, 2.75) is 4.90 Å². The highest BCUT2D eigenvalue weighted by Gasteiger charge is 2.14. The molecule has 0 aliphatic carbocycles. The Labute approximate surface area is 124 Å². The van der Waals surface area contributed by atoms with Gasteiger partial charge in [0.25, 0.3) is 10.0 Å². The molecule has 0 spiro atoms. The summed E-state index contributed by atoms with van der Waals surface area (Å²) in [5.74, 6) is 0. The molecule has 0 fully saturated rings. The topological polar surface area (TPSA) is 59.1 Å². The highest BCUT2D eigenvalue weighted by atomic mass is 127. The number of halogens is 2. The van der Waals surface area contributed by atoms with Crippen LogP contribution in [0, 0.1) is 3.57 Å². The Kier molecular flexibility index (Phi) is 4.08. The molecule has 2 aromatic rings. The molecule has 0 aliphatic rings. The van der Waals surface area contributed by atoms with Gasteiger partial charge in [0, 0.05) is 15.5 Å². The van der Waals surface area contributed by atoms with Gasteiger partial charge >= 0.3 is 0 Å². The van der Waals surface area contributed by atoms with Crippen molar-refractivity contribution in [1.29, 1.82) is 0 Å². The standard InChI is InChI=1S/C11H8ClIN2O2S/c12-11-5-4-10(7-14-11)18(16,17)15-9-3-1-2-8(13)6-9/h1-7,15H. The first kappa shape index (κ1) is 13.6.